The molecule has 1 rings (SSSR count). The quantitative estimate of drug-likeness (QED) is 0.825. The molecule has 0 aromatic heterocycles. The van der Waals surface area contributed by atoms with Crippen molar-refractivity contribution in [1.82, 2.24) is 4.31 Å². The Morgan fingerprint density at radius 2 is 2.00 bits per heavy atom. The van der Waals surface area contributed by atoms with Crippen molar-refractivity contribution in [3.8, 4) is 0 Å². The molecule has 1 aromatic rings. The van der Waals surface area contributed by atoms with Crippen molar-refractivity contribution < 1.29 is 13.2 Å². The molecular weight excluding hydrogens is 324 g/mol. The van der Waals surface area contributed by atoms with Gasteiger partial charge in [0.25, 0.3) is 0 Å². The maximum atomic E-state index is 12.0. The zero-order chi connectivity index (χ0) is 16.9. The predicted octanol–water partition coefficient (Wildman–Crippen LogP) is 2.89. The third kappa shape index (κ3) is 6.34. The molecule has 1 N–H and O–H groups in total. The fourth-order valence-electron chi connectivity index (χ4n) is 1.97. The van der Waals surface area contributed by atoms with Crippen LogP contribution in [-0.4, -0.2) is 38.0 Å². The van der Waals surface area contributed by atoms with E-state index in [4.69, 9.17) is 11.6 Å². The van der Waals surface area contributed by atoms with Crippen LogP contribution in [0.1, 0.15) is 25.8 Å². The van der Waals surface area contributed by atoms with Gasteiger partial charge < -0.3 is 5.32 Å². The molecule has 7 heteroatoms. The monoisotopic (exact) mass is 346 g/mol. The highest BCUT2D eigenvalue weighted by Gasteiger charge is 2.19. The lowest BCUT2D eigenvalue weighted by molar-refractivity contribution is -0.116. The molecule has 1 aromatic carbocycles. The first-order chi connectivity index (χ1) is 10.1. The van der Waals surface area contributed by atoms with Crippen molar-refractivity contribution in [2.24, 2.45) is 5.92 Å². The molecule has 5 nitrogen and oxygen atoms in total. The molecular formula is C15H23ClN2O3S. The van der Waals surface area contributed by atoms with Crippen LogP contribution < -0.4 is 5.32 Å². The summed E-state index contributed by atoms with van der Waals surface area (Å²) in [6.07, 6.45) is 1.26. The third-order valence-corrected chi connectivity index (χ3v) is 4.60. The molecule has 22 heavy (non-hydrogen) atoms. The normalized spacial score (nSPS) is 12.0. The van der Waals surface area contributed by atoms with Crippen molar-refractivity contribution in [3.05, 3.63) is 28.8 Å². The largest absolute Gasteiger partial charge is 0.326 e. The Morgan fingerprint density at radius 1 is 1.36 bits per heavy atom. The molecule has 0 spiro atoms. The molecule has 0 radical (unpaired) electrons. The van der Waals surface area contributed by atoms with Crippen LogP contribution in [0.2, 0.25) is 5.02 Å². The highest BCUT2D eigenvalue weighted by atomic mass is 35.5. The van der Waals surface area contributed by atoms with E-state index in [0.29, 0.717) is 17.3 Å². The second kappa shape index (κ2) is 7.94. The standard InChI is InChI=1S/C15H23ClN2O3S/c1-11(2)10-18(22(4,20)21)8-7-15(19)17-14-9-13(16)6-5-12(14)3/h5-6,9,11H,7-8,10H2,1-4H3,(H,17,19). The van der Waals surface area contributed by atoms with Crippen molar-refractivity contribution in [3.63, 3.8) is 0 Å². The van der Waals surface area contributed by atoms with Crippen LogP contribution in [0.15, 0.2) is 18.2 Å². The zero-order valence-electron chi connectivity index (χ0n) is 13.4. The van der Waals surface area contributed by atoms with Gasteiger partial charge in [0.1, 0.15) is 0 Å². The average molecular weight is 347 g/mol. The van der Waals surface area contributed by atoms with E-state index in [1.165, 1.54) is 4.31 Å². The highest BCUT2D eigenvalue weighted by molar-refractivity contribution is 7.88. The average Bonchev–Trinajstić information content (AvgIpc) is 2.37. The summed E-state index contributed by atoms with van der Waals surface area (Å²) in [5, 5.41) is 3.31. The van der Waals surface area contributed by atoms with E-state index in [1.807, 2.05) is 26.8 Å². The predicted molar refractivity (Wildman–Crippen MR) is 90.7 cm³/mol. The number of nitrogens with one attached hydrogen (secondary N) is 1. The number of carbonyl (C=O) groups excluding carboxylic acids is 1. The second-order valence-electron chi connectivity index (χ2n) is 5.77. The molecule has 0 aliphatic rings. The highest BCUT2D eigenvalue weighted by Crippen LogP contribution is 2.20. The summed E-state index contributed by atoms with van der Waals surface area (Å²) in [4.78, 5) is 12.0. The van der Waals surface area contributed by atoms with Crippen LogP contribution in [0.3, 0.4) is 0 Å². The second-order valence-corrected chi connectivity index (χ2v) is 8.19. The molecule has 124 valence electrons. The van der Waals surface area contributed by atoms with E-state index in [-0.39, 0.29) is 24.8 Å². The fraction of sp³-hybridized carbons (Fsp3) is 0.533. The number of anilines is 1. The lowest BCUT2D eigenvalue weighted by Gasteiger charge is -2.21. The summed E-state index contributed by atoms with van der Waals surface area (Å²) in [5.74, 6) is -0.0317. The summed E-state index contributed by atoms with van der Waals surface area (Å²) in [6.45, 7) is 6.32. The fourth-order valence-corrected chi connectivity index (χ4v) is 3.13. The Kier molecular flexibility index (Phi) is 6.84. The first kappa shape index (κ1) is 18.9. The minimum atomic E-state index is -3.31. The summed E-state index contributed by atoms with van der Waals surface area (Å²) >= 11 is 5.91. The Balaban J connectivity index is 2.66. The van der Waals surface area contributed by atoms with E-state index in [0.717, 1.165) is 11.8 Å². The smallest absolute Gasteiger partial charge is 0.225 e. The summed E-state index contributed by atoms with van der Waals surface area (Å²) < 4.78 is 24.8. The third-order valence-electron chi connectivity index (χ3n) is 3.10. The zero-order valence-corrected chi connectivity index (χ0v) is 15.0. The van der Waals surface area contributed by atoms with Gasteiger partial charge in [0.2, 0.25) is 15.9 Å². The number of aryl methyl sites for hydroxylation is 1. The molecule has 0 atom stereocenters. The van der Waals surface area contributed by atoms with Crippen molar-refractivity contribution in [2.75, 3.05) is 24.7 Å². The van der Waals surface area contributed by atoms with Crippen LogP contribution in [0.5, 0.6) is 0 Å². The molecule has 0 saturated heterocycles. The van der Waals surface area contributed by atoms with Crippen LogP contribution in [-0.2, 0) is 14.8 Å². The lowest BCUT2D eigenvalue weighted by Crippen LogP contribution is -2.35. The number of benzene rings is 1. The van der Waals surface area contributed by atoms with Crippen molar-refractivity contribution in [1.29, 1.82) is 0 Å². The van der Waals surface area contributed by atoms with E-state index in [1.54, 1.807) is 12.1 Å². The minimum Gasteiger partial charge on any atom is -0.326 e. The van der Waals surface area contributed by atoms with Gasteiger partial charge in [-0.2, -0.15) is 0 Å². The van der Waals surface area contributed by atoms with Crippen LogP contribution in [0.25, 0.3) is 0 Å². The first-order valence-electron chi connectivity index (χ1n) is 7.10. The Labute approximate surface area is 137 Å². The molecule has 0 bridgehead atoms. The number of hydrogen-bond acceptors (Lipinski definition) is 3. The van der Waals surface area contributed by atoms with Gasteiger partial charge in [-0.1, -0.05) is 31.5 Å². The van der Waals surface area contributed by atoms with Crippen LogP contribution in [0, 0.1) is 12.8 Å². The van der Waals surface area contributed by atoms with Gasteiger partial charge in [-0.25, -0.2) is 12.7 Å². The SMILES string of the molecule is Cc1ccc(Cl)cc1NC(=O)CCN(CC(C)C)S(C)(=O)=O. The first-order valence-corrected chi connectivity index (χ1v) is 9.33. The number of nitrogens with zero attached hydrogens (tertiary/aromatic N) is 1. The number of hydrogen-bond donors (Lipinski definition) is 1. The molecule has 0 aliphatic carbocycles. The maximum Gasteiger partial charge on any atom is 0.225 e. The summed E-state index contributed by atoms with van der Waals surface area (Å²) in [5.41, 5.74) is 1.55. The topological polar surface area (TPSA) is 66.5 Å². The number of sulfonamides is 1. The summed E-state index contributed by atoms with van der Waals surface area (Å²) in [6, 6.07) is 5.25. The molecule has 0 heterocycles. The van der Waals surface area contributed by atoms with Gasteiger partial charge in [0.05, 0.1) is 6.26 Å². The van der Waals surface area contributed by atoms with Gasteiger partial charge in [-0.15, -0.1) is 0 Å². The molecule has 0 aliphatic heterocycles. The summed E-state index contributed by atoms with van der Waals surface area (Å²) in [7, 11) is -3.31. The van der Waals surface area contributed by atoms with Crippen LogP contribution >= 0.6 is 11.6 Å². The number of halogens is 1. The van der Waals surface area contributed by atoms with Crippen molar-refractivity contribution in [2.45, 2.75) is 27.2 Å². The molecule has 0 saturated carbocycles. The van der Waals surface area contributed by atoms with Gasteiger partial charge in [-0.3, -0.25) is 4.79 Å². The Bertz CT molecular complexity index is 630. The van der Waals surface area contributed by atoms with Gasteiger partial charge in [0.15, 0.2) is 0 Å². The van der Waals surface area contributed by atoms with E-state index >= 15 is 0 Å². The Morgan fingerprint density at radius 3 is 2.55 bits per heavy atom. The van der Waals surface area contributed by atoms with Gasteiger partial charge in [-0.05, 0) is 30.5 Å². The van der Waals surface area contributed by atoms with Crippen LogP contribution in [0.4, 0.5) is 5.69 Å². The number of rotatable bonds is 7. The van der Waals surface area contributed by atoms with E-state index in [2.05, 4.69) is 5.32 Å². The van der Waals surface area contributed by atoms with Crippen molar-refractivity contribution >= 4 is 33.2 Å². The van der Waals surface area contributed by atoms with Gasteiger partial charge in [0, 0.05) is 30.2 Å². The molecule has 1 amide bonds. The number of carbonyl (C=O) groups is 1. The lowest BCUT2D eigenvalue weighted by atomic mass is 10.2. The maximum absolute atomic E-state index is 12.0. The number of amides is 1. The van der Waals surface area contributed by atoms with E-state index in [9.17, 15) is 13.2 Å². The molecule has 0 fully saturated rings. The molecule has 0 unspecified atom stereocenters. The van der Waals surface area contributed by atoms with E-state index < -0.39 is 10.0 Å². The minimum absolute atomic E-state index is 0.103. The Hall–Kier alpha value is -1.11. The van der Waals surface area contributed by atoms with Gasteiger partial charge >= 0.3 is 0 Å².